The van der Waals surface area contributed by atoms with Crippen molar-refractivity contribution in [1.29, 1.82) is 0 Å². The Balaban J connectivity index is 1.50. The first-order valence-corrected chi connectivity index (χ1v) is 12.5. The van der Waals surface area contributed by atoms with Gasteiger partial charge in [0.25, 0.3) is 0 Å². The number of hydrogen-bond donors (Lipinski definition) is 0. The van der Waals surface area contributed by atoms with Gasteiger partial charge < -0.3 is 0 Å². The standard InChI is InChI=1S/C27H46/c1-19(2)9-8-10-20(3)23-14-15-24-22-13-12-21-11-6-7-17-26(21,4)25(22)16-18-27(23,24)5/h8,10,19-25H,6-7,9,11-18H2,1-5H3/b10-8-/t20-,21-,22+,23-,24+,25+,26+,27-/m1/s1. The smallest absolute Gasteiger partial charge is 0.0228 e. The monoisotopic (exact) mass is 370 g/mol. The Hall–Kier alpha value is -0.260. The van der Waals surface area contributed by atoms with E-state index in [0.29, 0.717) is 10.8 Å². The van der Waals surface area contributed by atoms with Crippen LogP contribution in [0.2, 0.25) is 0 Å². The number of fused-ring (bicyclic) bond motifs is 5. The molecule has 0 aliphatic heterocycles. The highest BCUT2D eigenvalue weighted by molar-refractivity contribution is 5.10. The van der Waals surface area contributed by atoms with E-state index in [-0.39, 0.29) is 0 Å². The fourth-order valence-electron chi connectivity index (χ4n) is 8.90. The van der Waals surface area contributed by atoms with Gasteiger partial charge in [-0.2, -0.15) is 0 Å². The van der Waals surface area contributed by atoms with Gasteiger partial charge in [0.1, 0.15) is 0 Å². The summed E-state index contributed by atoms with van der Waals surface area (Å²) in [6, 6.07) is 0. The van der Waals surface area contributed by atoms with Crippen LogP contribution in [0.3, 0.4) is 0 Å². The molecule has 0 saturated heterocycles. The second-order valence-electron chi connectivity index (χ2n) is 12.0. The quantitative estimate of drug-likeness (QED) is 0.437. The van der Waals surface area contributed by atoms with Crippen molar-refractivity contribution in [3.63, 3.8) is 0 Å². The molecule has 4 saturated carbocycles. The highest BCUT2D eigenvalue weighted by atomic mass is 14.6. The zero-order chi connectivity index (χ0) is 19.2. The summed E-state index contributed by atoms with van der Waals surface area (Å²) in [6.07, 6.45) is 21.7. The second kappa shape index (κ2) is 7.53. The molecule has 4 aliphatic rings. The predicted octanol–water partition coefficient (Wildman–Crippen LogP) is 8.27. The molecular formula is C27H46. The molecule has 154 valence electrons. The van der Waals surface area contributed by atoms with Gasteiger partial charge >= 0.3 is 0 Å². The Morgan fingerprint density at radius 1 is 0.815 bits per heavy atom. The molecule has 0 N–H and O–H groups in total. The van der Waals surface area contributed by atoms with Crippen LogP contribution in [0.1, 0.15) is 105 Å². The highest BCUT2D eigenvalue weighted by Crippen LogP contribution is 2.68. The van der Waals surface area contributed by atoms with Crippen molar-refractivity contribution in [3.8, 4) is 0 Å². The molecule has 0 aromatic carbocycles. The Morgan fingerprint density at radius 3 is 2.37 bits per heavy atom. The fourth-order valence-corrected chi connectivity index (χ4v) is 8.90. The third-order valence-electron chi connectivity index (χ3n) is 10.3. The highest BCUT2D eigenvalue weighted by Gasteiger charge is 2.59. The van der Waals surface area contributed by atoms with Crippen LogP contribution >= 0.6 is 0 Å². The lowest BCUT2D eigenvalue weighted by Crippen LogP contribution is -2.53. The van der Waals surface area contributed by atoms with Gasteiger partial charge in [-0.15, -0.1) is 0 Å². The Bertz CT molecular complexity index is 544. The van der Waals surface area contributed by atoms with E-state index in [1.807, 2.05) is 0 Å². The zero-order valence-electron chi connectivity index (χ0n) is 19.0. The molecule has 0 nitrogen and oxygen atoms in total. The molecule has 0 unspecified atom stereocenters. The first-order valence-electron chi connectivity index (χ1n) is 12.5. The van der Waals surface area contributed by atoms with Crippen LogP contribution in [-0.2, 0) is 0 Å². The molecule has 4 aliphatic carbocycles. The Labute approximate surface area is 170 Å². The molecule has 4 rings (SSSR count). The molecule has 0 amide bonds. The maximum atomic E-state index is 2.72. The average Bonchev–Trinajstić information content (AvgIpc) is 2.98. The first kappa shape index (κ1) is 20.0. The summed E-state index contributed by atoms with van der Waals surface area (Å²) >= 11 is 0. The molecule has 0 heteroatoms. The zero-order valence-corrected chi connectivity index (χ0v) is 19.0. The number of allylic oxidation sites excluding steroid dienone is 2. The molecular weight excluding hydrogens is 324 g/mol. The maximum absolute atomic E-state index is 2.72. The van der Waals surface area contributed by atoms with Gasteiger partial charge in [-0.1, -0.05) is 59.6 Å². The van der Waals surface area contributed by atoms with Crippen LogP contribution in [-0.4, -0.2) is 0 Å². The lowest BCUT2D eigenvalue weighted by Gasteiger charge is -2.60. The minimum atomic E-state index is 0.626. The van der Waals surface area contributed by atoms with Crippen LogP contribution in [0.25, 0.3) is 0 Å². The Morgan fingerprint density at radius 2 is 1.59 bits per heavy atom. The third kappa shape index (κ3) is 3.36. The topological polar surface area (TPSA) is 0 Å². The lowest BCUT2D eigenvalue weighted by atomic mass is 9.44. The first-order chi connectivity index (χ1) is 12.9. The van der Waals surface area contributed by atoms with Crippen LogP contribution in [0.15, 0.2) is 12.2 Å². The van der Waals surface area contributed by atoms with Crippen molar-refractivity contribution in [2.24, 2.45) is 52.3 Å². The molecule has 27 heavy (non-hydrogen) atoms. The van der Waals surface area contributed by atoms with Crippen molar-refractivity contribution in [2.75, 3.05) is 0 Å². The number of hydrogen-bond acceptors (Lipinski definition) is 0. The van der Waals surface area contributed by atoms with E-state index in [4.69, 9.17) is 0 Å². The number of rotatable bonds is 4. The van der Waals surface area contributed by atoms with Crippen LogP contribution < -0.4 is 0 Å². The van der Waals surface area contributed by atoms with Crippen molar-refractivity contribution in [3.05, 3.63) is 12.2 Å². The average molecular weight is 371 g/mol. The van der Waals surface area contributed by atoms with E-state index in [1.54, 1.807) is 32.1 Å². The van der Waals surface area contributed by atoms with Gasteiger partial charge in [0.2, 0.25) is 0 Å². The lowest BCUT2D eigenvalue weighted by molar-refractivity contribution is -0.112. The van der Waals surface area contributed by atoms with E-state index in [0.717, 1.165) is 41.4 Å². The SMILES string of the molecule is CC(C)C/C=C\[C@@H](C)[C@H]1CC[C@H]2[C@@H]3CC[C@H]4CCCC[C@]4(C)[C@H]3CC[C@]12C. The summed E-state index contributed by atoms with van der Waals surface area (Å²) in [7, 11) is 0. The maximum Gasteiger partial charge on any atom is -0.0228 e. The minimum absolute atomic E-state index is 0.626. The van der Waals surface area contributed by atoms with E-state index in [9.17, 15) is 0 Å². The summed E-state index contributed by atoms with van der Waals surface area (Å²) in [5.74, 6) is 6.71. The molecule has 8 atom stereocenters. The largest absolute Gasteiger partial charge is 0.0880 e. The molecule has 0 aromatic heterocycles. The molecule has 0 spiro atoms. The molecule has 0 heterocycles. The summed E-state index contributed by atoms with van der Waals surface area (Å²) in [5, 5.41) is 0. The second-order valence-corrected chi connectivity index (χ2v) is 12.0. The van der Waals surface area contributed by atoms with E-state index in [2.05, 4.69) is 46.8 Å². The summed E-state index contributed by atoms with van der Waals surface area (Å²) in [6.45, 7) is 12.6. The van der Waals surface area contributed by atoms with Crippen LogP contribution in [0, 0.1) is 52.3 Å². The van der Waals surface area contributed by atoms with Crippen molar-refractivity contribution < 1.29 is 0 Å². The molecule has 0 aromatic rings. The normalized spacial score (nSPS) is 48.3. The van der Waals surface area contributed by atoms with Gasteiger partial charge in [0.05, 0.1) is 0 Å². The summed E-state index contributed by atoms with van der Waals surface area (Å²) in [5.41, 5.74) is 1.32. The van der Waals surface area contributed by atoms with Crippen molar-refractivity contribution in [1.82, 2.24) is 0 Å². The summed E-state index contributed by atoms with van der Waals surface area (Å²) in [4.78, 5) is 0. The van der Waals surface area contributed by atoms with Crippen molar-refractivity contribution >= 4 is 0 Å². The predicted molar refractivity (Wildman–Crippen MR) is 118 cm³/mol. The molecule has 0 radical (unpaired) electrons. The molecule has 0 bridgehead atoms. The third-order valence-corrected chi connectivity index (χ3v) is 10.3. The van der Waals surface area contributed by atoms with Gasteiger partial charge in [0, 0.05) is 0 Å². The van der Waals surface area contributed by atoms with Gasteiger partial charge in [-0.3, -0.25) is 0 Å². The minimum Gasteiger partial charge on any atom is -0.0880 e. The summed E-state index contributed by atoms with van der Waals surface area (Å²) < 4.78 is 0. The van der Waals surface area contributed by atoms with Crippen molar-refractivity contribution in [2.45, 2.75) is 105 Å². The van der Waals surface area contributed by atoms with E-state index in [1.165, 1.54) is 38.5 Å². The van der Waals surface area contributed by atoms with Gasteiger partial charge in [-0.05, 0) is 110 Å². The van der Waals surface area contributed by atoms with Gasteiger partial charge in [0.15, 0.2) is 0 Å². The van der Waals surface area contributed by atoms with E-state index < -0.39 is 0 Å². The fraction of sp³-hybridized carbons (Fsp3) is 0.926. The van der Waals surface area contributed by atoms with Gasteiger partial charge in [-0.25, -0.2) is 0 Å². The molecule has 4 fully saturated rings. The van der Waals surface area contributed by atoms with Crippen LogP contribution in [0.4, 0.5) is 0 Å². The van der Waals surface area contributed by atoms with Crippen LogP contribution in [0.5, 0.6) is 0 Å². The van der Waals surface area contributed by atoms with E-state index >= 15 is 0 Å². The Kier molecular flexibility index (Phi) is 5.59.